The molecule has 0 aliphatic heterocycles. The van der Waals surface area contributed by atoms with Gasteiger partial charge in [0.2, 0.25) is 10.0 Å². The second kappa shape index (κ2) is 6.23. The maximum Gasteiger partial charge on any atom is 0.240 e. The zero-order valence-electron chi connectivity index (χ0n) is 13.6. The molecular weight excluding hydrogens is 294 g/mol. The van der Waals surface area contributed by atoms with E-state index in [4.69, 9.17) is 0 Å². The van der Waals surface area contributed by atoms with E-state index in [9.17, 15) is 8.42 Å². The minimum atomic E-state index is -3.47. The normalized spacial score (nSPS) is 12.4. The molecule has 0 saturated heterocycles. The van der Waals surface area contributed by atoms with Gasteiger partial charge in [0.05, 0.1) is 4.90 Å². The molecular formula is C18H23NO2S. The van der Waals surface area contributed by atoms with Gasteiger partial charge in [-0.25, -0.2) is 13.1 Å². The third-order valence-corrected chi connectivity index (χ3v) is 4.99. The molecule has 0 aliphatic carbocycles. The summed E-state index contributed by atoms with van der Waals surface area (Å²) in [6, 6.07) is 15.0. The van der Waals surface area contributed by atoms with Gasteiger partial charge < -0.3 is 0 Å². The molecule has 0 radical (unpaired) electrons. The smallest absolute Gasteiger partial charge is 0.207 e. The third-order valence-electron chi connectivity index (χ3n) is 3.59. The molecule has 3 nitrogen and oxygen atoms in total. The SMILES string of the molecule is Cc1cccc(S(=O)(=O)NCc2ccc(C(C)(C)C)cc2)c1. The zero-order valence-corrected chi connectivity index (χ0v) is 14.4. The van der Waals surface area contributed by atoms with Crippen LogP contribution in [0.4, 0.5) is 0 Å². The van der Waals surface area contributed by atoms with E-state index in [1.165, 1.54) is 5.56 Å². The molecule has 1 N–H and O–H groups in total. The van der Waals surface area contributed by atoms with Crippen molar-refractivity contribution < 1.29 is 8.42 Å². The van der Waals surface area contributed by atoms with Gasteiger partial charge in [-0.3, -0.25) is 0 Å². The molecule has 0 aliphatic rings. The van der Waals surface area contributed by atoms with Crippen LogP contribution in [0.15, 0.2) is 53.4 Å². The molecule has 0 heterocycles. The fourth-order valence-corrected chi connectivity index (χ4v) is 3.29. The summed E-state index contributed by atoms with van der Waals surface area (Å²) in [6.45, 7) is 8.64. The fraction of sp³-hybridized carbons (Fsp3) is 0.333. The Morgan fingerprint density at radius 2 is 1.64 bits per heavy atom. The van der Waals surface area contributed by atoms with E-state index in [1.807, 2.05) is 25.1 Å². The van der Waals surface area contributed by atoms with Crippen LogP contribution in [0.5, 0.6) is 0 Å². The van der Waals surface area contributed by atoms with Crippen molar-refractivity contribution in [2.75, 3.05) is 0 Å². The summed E-state index contributed by atoms with van der Waals surface area (Å²) in [5, 5.41) is 0. The Balaban J connectivity index is 2.09. The number of aryl methyl sites for hydroxylation is 1. The average molecular weight is 317 g/mol. The summed E-state index contributed by atoms with van der Waals surface area (Å²) in [7, 11) is -3.47. The van der Waals surface area contributed by atoms with Gasteiger partial charge in [0.1, 0.15) is 0 Å². The Hall–Kier alpha value is -1.65. The first kappa shape index (κ1) is 16.7. The maximum absolute atomic E-state index is 12.3. The highest BCUT2D eigenvalue weighted by molar-refractivity contribution is 7.89. The van der Waals surface area contributed by atoms with Crippen molar-refractivity contribution >= 4 is 10.0 Å². The Morgan fingerprint density at radius 3 is 2.18 bits per heavy atom. The van der Waals surface area contributed by atoms with Crippen LogP contribution in [0.2, 0.25) is 0 Å². The molecule has 0 unspecified atom stereocenters. The van der Waals surface area contributed by atoms with E-state index in [0.717, 1.165) is 11.1 Å². The molecule has 118 valence electrons. The van der Waals surface area contributed by atoms with Gasteiger partial charge in [-0.15, -0.1) is 0 Å². The lowest BCUT2D eigenvalue weighted by molar-refractivity contribution is 0.580. The lowest BCUT2D eigenvalue weighted by Gasteiger charge is -2.19. The van der Waals surface area contributed by atoms with Gasteiger partial charge >= 0.3 is 0 Å². The number of hydrogen-bond donors (Lipinski definition) is 1. The van der Waals surface area contributed by atoms with Gasteiger partial charge in [0.25, 0.3) is 0 Å². The molecule has 2 aromatic carbocycles. The van der Waals surface area contributed by atoms with Crippen molar-refractivity contribution in [1.29, 1.82) is 0 Å². The van der Waals surface area contributed by atoms with Gasteiger partial charge in [-0.2, -0.15) is 0 Å². The highest BCUT2D eigenvalue weighted by atomic mass is 32.2. The summed E-state index contributed by atoms with van der Waals surface area (Å²) < 4.78 is 27.2. The van der Waals surface area contributed by atoms with Crippen LogP contribution in [-0.4, -0.2) is 8.42 Å². The van der Waals surface area contributed by atoms with Gasteiger partial charge in [0.15, 0.2) is 0 Å². The van der Waals surface area contributed by atoms with Crippen LogP contribution in [0.25, 0.3) is 0 Å². The second-order valence-electron chi connectivity index (χ2n) is 6.59. The highest BCUT2D eigenvalue weighted by Crippen LogP contribution is 2.22. The summed E-state index contributed by atoms with van der Waals surface area (Å²) >= 11 is 0. The van der Waals surface area contributed by atoms with Crippen LogP contribution >= 0.6 is 0 Å². The molecule has 0 aromatic heterocycles. The minimum absolute atomic E-state index is 0.0968. The quantitative estimate of drug-likeness (QED) is 0.933. The predicted octanol–water partition coefficient (Wildman–Crippen LogP) is 3.77. The van der Waals surface area contributed by atoms with E-state index in [0.29, 0.717) is 11.4 Å². The number of rotatable bonds is 4. The highest BCUT2D eigenvalue weighted by Gasteiger charge is 2.15. The molecule has 0 saturated carbocycles. The largest absolute Gasteiger partial charge is 0.240 e. The van der Waals surface area contributed by atoms with Gasteiger partial charge in [-0.05, 0) is 41.2 Å². The molecule has 0 amide bonds. The lowest BCUT2D eigenvalue weighted by Crippen LogP contribution is -2.23. The Morgan fingerprint density at radius 1 is 1.00 bits per heavy atom. The molecule has 0 atom stereocenters. The van der Waals surface area contributed by atoms with Crippen molar-refractivity contribution in [1.82, 2.24) is 4.72 Å². The third kappa shape index (κ3) is 4.18. The molecule has 0 spiro atoms. The lowest BCUT2D eigenvalue weighted by atomic mass is 9.87. The van der Waals surface area contributed by atoms with Crippen molar-refractivity contribution in [2.24, 2.45) is 0 Å². The molecule has 2 rings (SSSR count). The molecule has 2 aromatic rings. The first-order valence-electron chi connectivity index (χ1n) is 7.34. The first-order valence-corrected chi connectivity index (χ1v) is 8.82. The summed E-state index contributed by atoms with van der Waals surface area (Å²) in [6.07, 6.45) is 0. The fourth-order valence-electron chi connectivity index (χ4n) is 2.17. The molecule has 0 fully saturated rings. The topological polar surface area (TPSA) is 46.2 Å². The molecule has 22 heavy (non-hydrogen) atoms. The van der Waals surface area contributed by atoms with Crippen molar-refractivity contribution in [3.8, 4) is 0 Å². The van der Waals surface area contributed by atoms with E-state index in [1.54, 1.807) is 18.2 Å². The summed E-state index contributed by atoms with van der Waals surface area (Å²) in [5.74, 6) is 0. The summed E-state index contributed by atoms with van der Waals surface area (Å²) in [4.78, 5) is 0.304. The Labute approximate surface area is 133 Å². The van der Waals surface area contributed by atoms with Crippen LogP contribution in [0, 0.1) is 6.92 Å². The van der Waals surface area contributed by atoms with Crippen LogP contribution in [0.3, 0.4) is 0 Å². The van der Waals surface area contributed by atoms with Crippen molar-refractivity contribution in [3.05, 3.63) is 65.2 Å². The average Bonchev–Trinajstić information content (AvgIpc) is 2.45. The van der Waals surface area contributed by atoms with Crippen LogP contribution < -0.4 is 4.72 Å². The first-order chi connectivity index (χ1) is 10.2. The van der Waals surface area contributed by atoms with Gasteiger partial charge in [0, 0.05) is 6.54 Å². The van der Waals surface area contributed by atoms with Crippen LogP contribution in [-0.2, 0) is 22.0 Å². The van der Waals surface area contributed by atoms with Crippen molar-refractivity contribution in [3.63, 3.8) is 0 Å². The van der Waals surface area contributed by atoms with E-state index < -0.39 is 10.0 Å². The van der Waals surface area contributed by atoms with Gasteiger partial charge in [-0.1, -0.05) is 57.2 Å². The maximum atomic E-state index is 12.3. The molecule has 0 bridgehead atoms. The number of sulfonamides is 1. The number of nitrogens with one attached hydrogen (secondary N) is 1. The second-order valence-corrected chi connectivity index (χ2v) is 8.35. The zero-order chi connectivity index (χ0) is 16.4. The predicted molar refractivity (Wildman–Crippen MR) is 90.3 cm³/mol. The summed E-state index contributed by atoms with van der Waals surface area (Å²) in [5.41, 5.74) is 3.21. The number of benzene rings is 2. The monoisotopic (exact) mass is 317 g/mol. The Kier molecular flexibility index (Phi) is 4.73. The van der Waals surface area contributed by atoms with E-state index in [2.05, 4.69) is 37.6 Å². The van der Waals surface area contributed by atoms with Crippen molar-refractivity contribution in [2.45, 2.75) is 44.6 Å². The van der Waals surface area contributed by atoms with E-state index in [-0.39, 0.29) is 5.41 Å². The van der Waals surface area contributed by atoms with Crippen LogP contribution in [0.1, 0.15) is 37.5 Å². The Bertz CT molecular complexity index is 741. The number of hydrogen-bond acceptors (Lipinski definition) is 2. The minimum Gasteiger partial charge on any atom is -0.207 e. The molecule has 4 heteroatoms. The van der Waals surface area contributed by atoms with E-state index >= 15 is 0 Å². The standard InChI is InChI=1S/C18H23NO2S/c1-14-6-5-7-17(12-14)22(20,21)19-13-15-8-10-16(11-9-15)18(2,3)4/h5-12,19H,13H2,1-4H3.